The number of carbonyl (C=O) groups excluding carboxylic acids is 1. The molecular weight excluding hydrogens is 350 g/mol. The molecule has 1 fully saturated rings. The van der Waals surface area contributed by atoms with E-state index in [1.165, 1.54) is 7.11 Å². The standard InChI is InChI=1S/C20H24ClN3O2/c1-14-6-5-9-18(23-14)22-12-15-10-11-24(13-15)19(20(25)26-2)16-7-3-4-8-17(16)21/h3-9,15,19H,10-13H2,1-2H3,(H,22,23). The predicted molar refractivity (Wildman–Crippen MR) is 103 cm³/mol. The van der Waals surface area contributed by atoms with E-state index in [2.05, 4.69) is 15.2 Å². The first-order valence-electron chi connectivity index (χ1n) is 8.82. The van der Waals surface area contributed by atoms with Crippen LogP contribution in [0.3, 0.4) is 0 Å². The number of benzene rings is 1. The molecule has 1 saturated heterocycles. The van der Waals surface area contributed by atoms with Crippen molar-refractivity contribution in [3.8, 4) is 0 Å². The van der Waals surface area contributed by atoms with Crippen molar-refractivity contribution in [2.45, 2.75) is 19.4 Å². The molecule has 0 aliphatic carbocycles. The molecule has 2 heterocycles. The number of halogens is 1. The highest BCUT2D eigenvalue weighted by Crippen LogP contribution is 2.32. The molecule has 138 valence electrons. The second-order valence-corrected chi connectivity index (χ2v) is 7.05. The Labute approximate surface area is 159 Å². The van der Waals surface area contributed by atoms with Gasteiger partial charge in [-0.2, -0.15) is 0 Å². The van der Waals surface area contributed by atoms with Crippen LogP contribution in [0.1, 0.15) is 23.7 Å². The molecule has 2 atom stereocenters. The molecule has 1 aromatic carbocycles. The average molecular weight is 374 g/mol. The quantitative estimate of drug-likeness (QED) is 0.782. The van der Waals surface area contributed by atoms with Crippen LogP contribution >= 0.6 is 11.6 Å². The van der Waals surface area contributed by atoms with Crippen molar-refractivity contribution in [1.29, 1.82) is 0 Å². The summed E-state index contributed by atoms with van der Waals surface area (Å²) in [5.74, 6) is 1.05. The Kier molecular flexibility index (Phi) is 6.12. The molecule has 2 unspecified atom stereocenters. The number of rotatable bonds is 6. The molecule has 0 spiro atoms. The third-order valence-corrected chi connectivity index (χ3v) is 5.11. The van der Waals surface area contributed by atoms with E-state index in [0.717, 1.165) is 43.1 Å². The SMILES string of the molecule is COC(=O)C(c1ccccc1Cl)N1CCC(CNc2cccc(C)n2)C1. The van der Waals surface area contributed by atoms with Gasteiger partial charge < -0.3 is 10.1 Å². The number of aryl methyl sites for hydroxylation is 1. The zero-order valence-corrected chi connectivity index (χ0v) is 15.9. The molecule has 3 rings (SSSR count). The Morgan fingerprint density at radius 1 is 1.35 bits per heavy atom. The second kappa shape index (κ2) is 8.52. The van der Waals surface area contributed by atoms with Crippen LogP contribution in [0, 0.1) is 12.8 Å². The number of esters is 1. The Hall–Kier alpha value is -2.11. The van der Waals surface area contributed by atoms with Crippen LogP contribution in [0.2, 0.25) is 5.02 Å². The summed E-state index contributed by atoms with van der Waals surface area (Å²) < 4.78 is 5.05. The number of ether oxygens (including phenoxy) is 1. The van der Waals surface area contributed by atoms with Crippen molar-refractivity contribution < 1.29 is 9.53 Å². The molecule has 0 bridgehead atoms. The smallest absolute Gasteiger partial charge is 0.327 e. The zero-order valence-electron chi connectivity index (χ0n) is 15.1. The minimum atomic E-state index is -0.462. The molecule has 0 amide bonds. The first kappa shape index (κ1) is 18.7. The summed E-state index contributed by atoms with van der Waals surface area (Å²) in [5.41, 5.74) is 1.79. The molecule has 2 aromatic rings. The minimum Gasteiger partial charge on any atom is -0.468 e. The predicted octanol–water partition coefficient (Wildman–Crippen LogP) is 3.69. The molecular formula is C20H24ClN3O2. The van der Waals surface area contributed by atoms with Gasteiger partial charge in [-0.1, -0.05) is 35.9 Å². The lowest BCUT2D eigenvalue weighted by Crippen LogP contribution is -2.34. The number of pyridine rings is 1. The van der Waals surface area contributed by atoms with Crippen molar-refractivity contribution in [2.24, 2.45) is 5.92 Å². The normalized spacial score (nSPS) is 18.5. The first-order chi connectivity index (χ1) is 12.6. The van der Waals surface area contributed by atoms with Crippen molar-refractivity contribution in [2.75, 3.05) is 32.1 Å². The van der Waals surface area contributed by atoms with E-state index >= 15 is 0 Å². The molecule has 0 radical (unpaired) electrons. The van der Waals surface area contributed by atoms with E-state index in [1.54, 1.807) is 0 Å². The Balaban J connectivity index is 1.67. The first-order valence-corrected chi connectivity index (χ1v) is 9.20. The third-order valence-electron chi connectivity index (χ3n) is 4.77. The van der Waals surface area contributed by atoms with E-state index in [1.807, 2.05) is 49.4 Å². The Morgan fingerprint density at radius 3 is 2.88 bits per heavy atom. The van der Waals surface area contributed by atoms with Gasteiger partial charge in [0.05, 0.1) is 7.11 Å². The van der Waals surface area contributed by atoms with E-state index in [0.29, 0.717) is 10.9 Å². The topological polar surface area (TPSA) is 54.5 Å². The van der Waals surface area contributed by atoms with Crippen molar-refractivity contribution in [3.63, 3.8) is 0 Å². The molecule has 1 aliphatic heterocycles. The Bertz CT molecular complexity index is 768. The fourth-order valence-corrected chi connectivity index (χ4v) is 3.67. The van der Waals surface area contributed by atoms with Gasteiger partial charge in [0.2, 0.25) is 0 Å². The molecule has 0 saturated carbocycles. The van der Waals surface area contributed by atoms with Crippen LogP contribution < -0.4 is 5.32 Å². The largest absolute Gasteiger partial charge is 0.468 e. The number of nitrogens with one attached hydrogen (secondary N) is 1. The van der Waals surface area contributed by atoms with Crippen molar-refractivity contribution >= 4 is 23.4 Å². The van der Waals surface area contributed by atoms with Gasteiger partial charge in [0.1, 0.15) is 11.9 Å². The summed E-state index contributed by atoms with van der Waals surface area (Å²) in [6.45, 7) is 4.44. The molecule has 1 N–H and O–H groups in total. The summed E-state index contributed by atoms with van der Waals surface area (Å²) >= 11 is 6.34. The van der Waals surface area contributed by atoms with Crippen LogP contribution in [0.25, 0.3) is 0 Å². The van der Waals surface area contributed by atoms with Crippen LogP contribution in [-0.4, -0.2) is 42.6 Å². The molecule has 1 aliphatic rings. The maximum Gasteiger partial charge on any atom is 0.327 e. The van der Waals surface area contributed by atoms with Gasteiger partial charge in [-0.05, 0) is 49.6 Å². The zero-order chi connectivity index (χ0) is 18.5. The number of anilines is 1. The van der Waals surface area contributed by atoms with Gasteiger partial charge in [0.25, 0.3) is 0 Å². The van der Waals surface area contributed by atoms with Gasteiger partial charge in [-0.3, -0.25) is 4.90 Å². The van der Waals surface area contributed by atoms with Gasteiger partial charge in [-0.25, -0.2) is 9.78 Å². The highest BCUT2D eigenvalue weighted by Gasteiger charge is 2.35. The number of aromatic nitrogens is 1. The number of likely N-dealkylation sites (tertiary alicyclic amines) is 1. The van der Waals surface area contributed by atoms with Crippen LogP contribution in [0.4, 0.5) is 5.82 Å². The number of nitrogens with zero attached hydrogens (tertiary/aromatic N) is 2. The van der Waals surface area contributed by atoms with E-state index in [9.17, 15) is 4.79 Å². The number of hydrogen-bond donors (Lipinski definition) is 1. The van der Waals surface area contributed by atoms with Crippen molar-refractivity contribution in [1.82, 2.24) is 9.88 Å². The van der Waals surface area contributed by atoms with Crippen molar-refractivity contribution in [3.05, 3.63) is 58.7 Å². The van der Waals surface area contributed by atoms with Gasteiger partial charge >= 0.3 is 5.97 Å². The fourth-order valence-electron chi connectivity index (χ4n) is 3.44. The summed E-state index contributed by atoms with van der Waals surface area (Å²) in [6, 6.07) is 13.0. The van der Waals surface area contributed by atoms with Crippen LogP contribution in [0.15, 0.2) is 42.5 Å². The number of carbonyl (C=O) groups is 1. The summed E-state index contributed by atoms with van der Waals surface area (Å²) in [4.78, 5) is 19.1. The highest BCUT2D eigenvalue weighted by molar-refractivity contribution is 6.31. The second-order valence-electron chi connectivity index (χ2n) is 6.64. The number of hydrogen-bond acceptors (Lipinski definition) is 5. The maximum atomic E-state index is 12.4. The highest BCUT2D eigenvalue weighted by atomic mass is 35.5. The van der Waals surface area contributed by atoms with E-state index < -0.39 is 6.04 Å². The summed E-state index contributed by atoms with van der Waals surface area (Å²) in [6.07, 6.45) is 1.01. The molecule has 5 nitrogen and oxygen atoms in total. The monoisotopic (exact) mass is 373 g/mol. The summed E-state index contributed by atoms with van der Waals surface area (Å²) in [5, 5.41) is 3.99. The van der Waals surface area contributed by atoms with E-state index in [-0.39, 0.29) is 5.97 Å². The Morgan fingerprint density at radius 2 is 2.15 bits per heavy atom. The molecule has 6 heteroatoms. The minimum absolute atomic E-state index is 0.271. The average Bonchev–Trinajstić information content (AvgIpc) is 3.10. The third kappa shape index (κ3) is 4.34. The van der Waals surface area contributed by atoms with Gasteiger partial charge in [0, 0.05) is 23.8 Å². The van der Waals surface area contributed by atoms with Gasteiger partial charge in [0.15, 0.2) is 0 Å². The molecule has 1 aromatic heterocycles. The maximum absolute atomic E-state index is 12.4. The fraction of sp³-hybridized carbons (Fsp3) is 0.400. The number of methoxy groups -OCH3 is 1. The van der Waals surface area contributed by atoms with Crippen LogP contribution in [-0.2, 0) is 9.53 Å². The van der Waals surface area contributed by atoms with Gasteiger partial charge in [-0.15, -0.1) is 0 Å². The van der Waals surface area contributed by atoms with Crippen LogP contribution in [0.5, 0.6) is 0 Å². The lowest BCUT2D eigenvalue weighted by molar-refractivity contribution is -0.147. The van der Waals surface area contributed by atoms with E-state index in [4.69, 9.17) is 16.3 Å². The molecule has 26 heavy (non-hydrogen) atoms. The summed E-state index contributed by atoms with van der Waals surface area (Å²) in [7, 11) is 1.42. The lowest BCUT2D eigenvalue weighted by Gasteiger charge is -2.26. The lowest BCUT2D eigenvalue weighted by atomic mass is 10.1.